The highest BCUT2D eigenvalue weighted by Crippen LogP contribution is 2.23. The van der Waals surface area contributed by atoms with E-state index < -0.39 is 37.3 Å². The normalized spacial score (nSPS) is 24.3. The van der Waals surface area contributed by atoms with Gasteiger partial charge in [0.2, 0.25) is 5.91 Å². The molecule has 0 radical (unpaired) electrons. The summed E-state index contributed by atoms with van der Waals surface area (Å²) in [6, 6.07) is 8.74. The molecule has 0 aromatic heterocycles. The third-order valence-electron chi connectivity index (χ3n) is 6.95. The second-order valence-electron chi connectivity index (χ2n) is 10.1. The number of amides is 1. The Hall–Kier alpha value is -1.59. The smallest absolute Gasteiger partial charge is 0.223 e. The van der Waals surface area contributed by atoms with Gasteiger partial charge in [-0.2, -0.15) is 0 Å². The summed E-state index contributed by atoms with van der Waals surface area (Å²) in [6.07, 6.45) is 6.39. The van der Waals surface area contributed by atoms with Crippen LogP contribution in [-0.2, 0) is 25.6 Å². The van der Waals surface area contributed by atoms with Crippen molar-refractivity contribution in [3.63, 3.8) is 0 Å². The maximum absolute atomic E-state index is 13.0. The number of aliphatic hydroxyl groups excluding tert-OH is 4. The lowest BCUT2D eigenvalue weighted by Crippen LogP contribution is -2.65. The van der Waals surface area contributed by atoms with Crippen molar-refractivity contribution < 1.29 is 39.4 Å². The van der Waals surface area contributed by atoms with Gasteiger partial charge in [0, 0.05) is 0 Å². The molecule has 1 aromatic rings. The van der Waals surface area contributed by atoms with Gasteiger partial charge < -0.3 is 40.0 Å². The van der Waals surface area contributed by atoms with Crippen molar-refractivity contribution in [2.75, 3.05) is 19.8 Å². The van der Waals surface area contributed by atoms with Crippen LogP contribution < -0.4 is 5.32 Å². The molecule has 0 aliphatic carbocycles. The van der Waals surface area contributed by atoms with Crippen molar-refractivity contribution >= 4 is 5.91 Å². The molecule has 38 heavy (non-hydrogen) atoms. The summed E-state index contributed by atoms with van der Waals surface area (Å²) in [5.41, 5.74) is 1.02. The SMILES string of the molecule is CCCCCCCCCCC[C@H](CC(=O)N[C@H]1[C@@H](OCCO)O[C@H](CO)[C@@H](O)[C@@H]1O)OCc1ccccc1. The second kappa shape index (κ2) is 19.5. The highest BCUT2D eigenvalue weighted by Gasteiger charge is 2.45. The Morgan fingerprint density at radius 3 is 2.26 bits per heavy atom. The van der Waals surface area contributed by atoms with E-state index in [4.69, 9.17) is 19.3 Å². The minimum absolute atomic E-state index is 0.0827. The van der Waals surface area contributed by atoms with Gasteiger partial charge in [-0.1, -0.05) is 95.0 Å². The molecule has 0 spiro atoms. The quantitative estimate of drug-likeness (QED) is 0.160. The second-order valence-corrected chi connectivity index (χ2v) is 10.1. The lowest BCUT2D eigenvalue weighted by Gasteiger charge is -2.42. The van der Waals surface area contributed by atoms with E-state index in [1.54, 1.807) is 0 Å². The molecule has 1 saturated heterocycles. The predicted octanol–water partition coefficient (Wildman–Crippen LogP) is 2.82. The molecule has 9 heteroatoms. The van der Waals surface area contributed by atoms with Gasteiger partial charge in [-0.05, 0) is 12.0 Å². The number of carbonyl (C=O) groups is 1. The zero-order valence-electron chi connectivity index (χ0n) is 22.9. The highest BCUT2D eigenvalue weighted by atomic mass is 16.7. The van der Waals surface area contributed by atoms with E-state index in [0.29, 0.717) is 6.61 Å². The van der Waals surface area contributed by atoms with Gasteiger partial charge >= 0.3 is 0 Å². The van der Waals surface area contributed by atoms with Crippen LogP contribution in [0.25, 0.3) is 0 Å². The maximum atomic E-state index is 13.0. The standard InChI is InChI=1S/C29H49NO8/c1-2-3-4-5-6-7-8-9-13-16-23(37-21-22-14-11-10-12-15-22)19-25(33)30-26-28(35)27(34)24(20-32)38-29(26)36-18-17-31/h10-12,14-15,23-24,26-29,31-32,34-35H,2-9,13,16-21H2,1H3,(H,30,33)/t23-,24-,26-,27-,28-,29+/m1/s1. The van der Waals surface area contributed by atoms with Crippen LogP contribution in [0.2, 0.25) is 0 Å². The average Bonchev–Trinajstić information content (AvgIpc) is 2.93. The highest BCUT2D eigenvalue weighted by molar-refractivity contribution is 5.77. The monoisotopic (exact) mass is 539 g/mol. The summed E-state index contributed by atoms with van der Waals surface area (Å²) in [5, 5.41) is 42.2. The molecule has 0 saturated carbocycles. The Morgan fingerprint density at radius 2 is 1.63 bits per heavy atom. The van der Waals surface area contributed by atoms with E-state index in [-0.39, 0.29) is 31.6 Å². The zero-order valence-corrected chi connectivity index (χ0v) is 22.9. The van der Waals surface area contributed by atoms with Gasteiger partial charge in [-0.15, -0.1) is 0 Å². The Morgan fingerprint density at radius 1 is 0.974 bits per heavy atom. The predicted molar refractivity (Wildman–Crippen MR) is 144 cm³/mol. The molecular weight excluding hydrogens is 490 g/mol. The van der Waals surface area contributed by atoms with Crippen LogP contribution in [0.5, 0.6) is 0 Å². The molecular formula is C29H49NO8. The Bertz CT molecular complexity index is 737. The number of ether oxygens (including phenoxy) is 3. The van der Waals surface area contributed by atoms with Crippen LogP contribution in [-0.4, -0.2) is 82.9 Å². The van der Waals surface area contributed by atoms with Gasteiger partial charge in [0.1, 0.15) is 24.4 Å². The van der Waals surface area contributed by atoms with Crippen molar-refractivity contribution in [2.45, 2.75) is 121 Å². The Balaban J connectivity index is 1.90. The summed E-state index contributed by atoms with van der Waals surface area (Å²) in [6.45, 7) is 1.73. The van der Waals surface area contributed by atoms with Crippen molar-refractivity contribution in [2.24, 2.45) is 0 Å². The van der Waals surface area contributed by atoms with Crippen molar-refractivity contribution in [3.8, 4) is 0 Å². The van der Waals surface area contributed by atoms with Gasteiger partial charge in [-0.3, -0.25) is 4.79 Å². The van der Waals surface area contributed by atoms with Crippen LogP contribution in [0.15, 0.2) is 30.3 Å². The minimum atomic E-state index is -1.41. The fourth-order valence-corrected chi connectivity index (χ4v) is 4.71. The van der Waals surface area contributed by atoms with E-state index in [9.17, 15) is 20.1 Å². The lowest BCUT2D eigenvalue weighted by molar-refractivity contribution is -0.271. The number of nitrogens with one attached hydrogen (secondary N) is 1. The Labute approximate surface area is 227 Å². The summed E-state index contributed by atoms with van der Waals surface area (Å²) in [7, 11) is 0. The molecule has 2 rings (SSSR count). The van der Waals surface area contributed by atoms with Gasteiger partial charge in [0.25, 0.3) is 0 Å². The summed E-state index contributed by atoms with van der Waals surface area (Å²) < 4.78 is 17.1. The largest absolute Gasteiger partial charge is 0.394 e. The van der Waals surface area contributed by atoms with Crippen molar-refractivity contribution in [1.29, 1.82) is 0 Å². The van der Waals surface area contributed by atoms with Gasteiger partial charge in [0.05, 0.1) is 39.0 Å². The number of benzene rings is 1. The number of aliphatic hydroxyl groups is 4. The molecule has 1 fully saturated rings. The first-order valence-corrected chi connectivity index (χ1v) is 14.3. The molecule has 5 N–H and O–H groups in total. The van der Waals surface area contributed by atoms with Crippen molar-refractivity contribution in [3.05, 3.63) is 35.9 Å². The Kier molecular flexibility index (Phi) is 16.7. The van der Waals surface area contributed by atoms with Crippen LogP contribution >= 0.6 is 0 Å². The number of unbranched alkanes of at least 4 members (excludes halogenated alkanes) is 8. The van der Waals surface area contributed by atoms with Crippen LogP contribution in [0.4, 0.5) is 0 Å². The summed E-state index contributed by atoms with van der Waals surface area (Å²) in [5.74, 6) is -0.362. The van der Waals surface area contributed by atoms with Crippen LogP contribution in [0, 0.1) is 0 Å². The third-order valence-corrected chi connectivity index (χ3v) is 6.95. The molecule has 9 nitrogen and oxygen atoms in total. The summed E-state index contributed by atoms with van der Waals surface area (Å²) >= 11 is 0. The number of hydrogen-bond acceptors (Lipinski definition) is 8. The number of carbonyl (C=O) groups excluding carboxylic acids is 1. The van der Waals surface area contributed by atoms with E-state index >= 15 is 0 Å². The zero-order chi connectivity index (χ0) is 27.6. The first kappa shape index (κ1) is 32.6. The van der Waals surface area contributed by atoms with Crippen molar-refractivity contribution in [1.82, 2.24) is 5.32 Å². The third kappa shape index (κ3) is 12.1. The molecule has 1 heterocycles. The van der Waals surface area contributed by atoms with E-state index in [0.717, 1.165) is 24.8 Å². The van der Waals surface area contributed by atoms with Gasteiger partial charge in [0.15, 0.2) is 6.29 Å². The first-order valence-electron chi connectivity index (χ1n) is 14.3. The van der Waals surface area contributed by atoms with E-state index in [1.807, 2.05) is 30.3 Å². The van der Waals surface area contributed by atoms with Gasteiger partial charge in [-0.25, -0.2) is 0 Å². The maximum Gasteiger partial charge on any atom is 0.223 e. The molecule has 0 unspecified atom stereocenters. The molecule has 218 valence electrons. The molecule has 1 aliphatic rings. The first-order chi connectivity index (χ1) is 18.5. The summed E-state index contributed by atoms with van der Waals surface area (Å²) in [4.78, 5) is 13.0. The number of rotatable bonds is 20. The number of hydrogen-bond donors (Lipinski definition) is 5. The van der Waals surface area contributed by atoms with Crippen LogP contribution in [0.1, 0.15) is 83.1 Å². The fourth-order valence-electron chi connectivity index (χ4n) is 4.71. The molecule has 1 aliphatic heterocycles. The molecule has 1 aromatic carbocycles. The molecule has 1 amide bonds. The average molecular weight is 540 g/mol. The van der Waals surface area contributed by atoms with Crippen LogP contribution in [0.3, 0.4) is 0 Å². The lowest BCUT2D eigenvalue weighted by atomic mass is 9.96. The van der Waals surface area contributed by atoms with E-state index in [2.05, 4.69) is 12.2 Å². The topological polar surface area (TPSA) is 138 Å². The fraction of sp³-hybridized carbons (Fsp3) is 0.759. The molecule has 0 bridgehead atoms. The van der Waals surface area contributed by atoms with E-state index in [1.165, 1.54) is 44.9 Å². The molecule has 6 atom stereocenters. The minimum Gasteiger partial charge on any atom is -0.394 e.